The number of nitrogens with one attached hydrogen (secondary N) is 1. The zero-order valence-electron chi connectivity index (χ0n) is 18.5. The van der Waals surface area contributed by atoms with Gasteiger partial charge >= 0.3 is 0 Å². The molecule has 0 heterocycles. The number of hydrogen-bond donors (Lipinski definition) is 2. The fraction of sp³-hybridized carbons (Fsp3) is 0.708. The fourth-order valence-corrected chi connectivity index (χ4v) is 3.66. The molecule has 0 aromatic heterocycles. The van der Waals surface area contributed by atoms with E-state index in [-0.39, 0.29) is 17.1 Å². The summed E-state index contributed by atoms with van der Waals surface area (Å²) < 4.78 is 0. The monoisotopic (exact) mass is 420 g/mol. The molecule has 0 bridgehead atoms. The Morgan fingerprint density at radius 1 is 0.767 bits per heavy atom. The first kappa shape index (κ1) is 26.1. The number of carbonyl (C=O) groups is 3. The number of ketones is 1. The minimum absolute atomic E-state index is 0.000939. The predicted molar refractivity (Wildman–Crippen MR) is 120 cm³/mol. The molecule has 0 saturated heterocycles. The van der Waals surface area contributed by atoms with Gasteiger partial charge < -0.3 is 24.9 Å². The third-order valence-electron chi connectivity index (χ3n) is 5.57. The van der Waals surface area contributed by atoms with Crippen LogP contribution in [0.25, 0.3) is 0 Å². The lowest BCUT2D eigenvalue weighted by Gasteiger charge is -2.24. The van der Waals surface area contributed by atoms with Gasteiger partial charge in [0, 0.05) is 19.4 Å². The fourth-order valence-electron chi connectivity index (χ4n) is 3.66. The maximum absolute atomic E-state index is 11.6. The smallest absolute Gasteiger partial charge is 0.215 e. The zero-order chi connectivity index (χ0) is 22.0. The van der Waals surface area contributed by atoms with Crippen LogP contribution in [-0.4, -0.2) is 54.5 Å². The summed E-state index contributed by atoms with van der Waals surface area (Å²) in [7, 11) is 0. The van der Waals surface area contributed by atoms with E-state index in [0.29, 0.717) is 25.1 Å². The van der Waals surface area contributed by atoms with Gasteiger partial charge in [-0.1, -0.05) is 45.1 Å². The van der Waals surface area contributed by atoms with Gasteiger partial charge in [0.05, 0.1) is 5.57 Å². The molecule has 0 aromatic carbocycles. The molecule has 1 aliphatic carbocycles. The van der Waals surface area contributed by atoms with Crippen molar-refractivity contribution in [3.63, 3.8) is 0 Å². The van der Waals surface area contributed by atoms with E-state index >= 15 is 0 Å². The number of rotatable bonds is 21. The Morgan fingerprint density at radius 2 is 1.23 bits per heavy atom. The van der Waals surface area contributed by atoms with Gasteiger partial charge in [-0.15, -0.1) is 0 Å². The van der Waals surface area contributed by atoms with Crippen LogP contribution in [-0.2, 0) is 14.4 Å². The number of aliphatic hydroxyl groups is 1. The van der Waals surface area contributed by atoms with Gasteiger partial charge in [-0.3, -0.25) is 4.79 Å². The van der Waals surface area contributed by atoms with Gasteiger partial charge in [0.2, 0.25) is 5.78 Å². The number of Topliss-reactive ketones (excluding diaryl/α,β-unsaturated/α-hetero) is 1. The number of aldehydes is 2. The highest BCUT2D eigenvalue weighted by Gasteiger charge is 2.31. The second kappa shape index (κ2) is 16.8. The molecule has 0 unspecified atom stereocenters. The summed E-state index contributed by atoms with van der Waals surface area (Å²) >= 11 is 0. The van der Waals surface area contributed by atoms with Crippen LogP contribution in [0.15, 0.2) is 23.6 Å². The highest BCUT2D eigenvalue weighted by atomic mass is 16.3. The van der Waals surface area contributed by atoms with E-state index in [2.05, 4.69) is 16.8 Å². The van der Waals surface area contributed by atoms with Crippen LogP contribution in [0.3, 0.4) is 0 Å². The Labute approximate surface area is 181 Å². The molecule has 6 nitrogen and oxygen atoms in total. The van der Waals surface area contributed by atoms with Crippen LogP contribution in [0.2, 0.25) is 0 Å². The number of allylic oxidation sites excluding steroid dienone is 2. The topological polar surface area (TPSA) is 86.7 Å². The van der Waals surface area contributed by atoms with Gasteiger partial charge in [0.1, 0.15) is 18.3 Å². The first-order valence-corrected chi connectivity index (χ1v) is 11.6. The van der Waals surface area contributed by atoms with Crippen molar-refractivity contribution in [2.24, 2.45) is 0 Å². The van der Waals surface area contributed by atoms with Crippen LogP contribution in [0, 0.1) is 0 Å². The van der Waals surface area contributed by atoms with Crippen molar-refractivity contribution in [2.75, 3.05) is 26.2 Å². The summed E-state index contributed by atoms with van der Waals surface area (Å²) in [5.74, 6) is -0.186. The van der Waals surface area contributed by atoms with E-state index in [0.717, 1.165) is 77.2 Å². The summed E-state index contributed by atoms with van der Waals surface area (Å²) in [6.07, 6.45) is 15.6. The second-order valence-corrected chi connectivity index (χ2v) is 8.10. The SMILES string of the molecule is C=C1C(=O)C(NCCCN(CCCCCCCC=O)CCCCCCCC=O)=C1O. The van der Waals surface area contributed by atoms with Crippen molar-refractivity contribution < 1.29 is 19.5 Å². The maximum Gasteiger partial charge on any atom is 0.215 e. The van der Waals surface area contributed by atoms with Crippen LogP contribution >= 0.6 is 0 Å². The van der Waals surface area contributed by atoms with Crippen molar-refractivity contribution >= 4 is 18.4 Å². The van der Waals surface area contributed by atoms with Gasteiger partial charge in [-0.25, -0.2) is 0 Å². The molecule has 0 amide bonds. The lowest BCUT2D eigenvalue weighted by Crippen LogP contribution is -2.34. The Balaban J connectivity index is 2.23. The van der Waals surface area contributed by atoms with Crippen LogP contribution in [0.4, 0.5) is 0 Å². The number of aliphatic hydroxyl groups excluding tert-OH is 1. The third kappa shape index (κ3) is 10.7. The van der Waals surface area contributed by atoms with Gasteiger partial charge in [0.15, 0.2) is 5.76 Å². The molecule has 0 saturated carbocycles. The van der Waals surface area contributed by atoms with Crippen molar-refractivity contribution in [3.05, 3.63) is 23.6 Å². The highest BCUT2D eigenvalue weighted by Crippen LogP contribution is 2.23. The first-order valence-electron chi connectivity index (χ1n) is 11.6. The van der Waals surface area contributed by atoms with Crippen LogP contribution < -0.4 is 5.32 Å². The largest absolute Gasteiger partial charge is 0.505 e. The summed E-state index contributed by atoms with van der Waals surface area (Å²) in [5.41, 5.74) is 0.498. The quantitative estimate of drug-likeness (QED) is 0.164. The molecule has 2 N–H and O–H groups in total. The van der Waals surface area contributed by atoms with E-state index in [1.165, 1.54) is 25.7 Å². The van der Waals surface area contributed by atoms with Gasteiger partial charge in [-0.2, -0.15) is 0 Å². The number of carbonyl (C=O) groups excluding carboxylic acids is 3. The standard InChI is InChI=1S/C24H40N2O4/c1-21-23(29)22(24(21)30)25-15-14-18-26(16-10-6-2-4-8-12-19-27)17-11-7-3-5-9-13-20-28/h19-20,25,29H,1-18H2. The molecule has 30 heavy (non-hydrogen) atoms. The number of unbranched alkanes of at least 4 members (excludes halogenated alkanes) is 10. The Morgan fingerprint density at radius 3 is 1.73 bits per heavy atom. The van der Waals surface area contributed by atoms with Crippen LogP contribution in [0.1, 0.15) is 83.5 Å². The molecule has 0 fully saturated rings. The molecule has 0 spiro atoms. The summed E-state index contributed by atoms with van der Waals surface area (Å²) in [5, 5.41) is 12.7. The average molecular weight is 421 g/mol. The van der Waals surface area contributed by atoms with Gasteiger partial charge in [-0.05, 0) is 51.7 Å². The van der Waals surface area contributed by atoms with E-state index in [1.54, 1.807) is 0 Å². The van der Waals surface area contributed by atoms with E-state index < -0.39 is 0 Å². The van der Waals surface area contributed by atoms with E-state index in [4.69, 9.17) is 0 Å². The van der Waals surface area contributed by atoms with Gasteiger partial charge in [0.25, 0.3) is 0 Å². The molecule has 1 aliphatic rings. The molecule has 0 atom stereocenters. The molecule has 0 aromatic rings. The Kier molecular flexibility index (Phi) is 14.6. The number of nitrogens with zero attached hydrogens (tertiary/aromatic N) is 1. The molecular weight excluding hydrogens is 380 g/mol. The molecule has 0 aliphatic heterocycles. The molecule has 170 valence electrons. The molecule has 1 rings (SSSR count). The van der Waals surface area contributed by atoms with E-state index in [1.807, 2.05) is 0 Å². The van der Waals surface area contributed by atoms with Crippen molar-refractivity contribution in [3.8, 4) is 0 Å². The maximum atomic E-state index is 11.6. The van der Waals surface area contributed by atoms with Crippen molar-refractivity contribution in [1.29, 1.82) is 0 Å². The summed E-state index contributed by atoms with van der Waals surface area (Å²) in [6.45, 7) is 7.29. The summed E-state index contributed by atoms with van der Waals surface area (Å²) in [6, 6.07) is 0. The molecule has 0 radical (unpaired) electrons. The lowest BCUT2D eigenvalue weighted by molar-refractivity contribution is -0.114. The summed E-state index contributed by atoms with van der Waals surface area (Å²) in [4.78, 5) is 34.8. The Hall–Kier alpha value is -1.95. The first-order chi connectivity index (χ1) is 14.6. The second-order valence-electron chi connectivity index (χ2n) is 8.10. The van der Waals surface area contributed by atoms with Crippen molar-refractivity contribution in [2.45, 2.75) is 83.5 Å². The Bertz CT molecular complexity index is 550. The number of hydrogen-bond acceptors (Lipinski definition) is 6. The predicted octanol–water partition coefficient (Wildman–Crippen LogP) is 4.26. The van der Waals surface area contributed by atoms with E-state index in [9.17, 15) is 19.5 Å². The normalized spacial score (nSPS) is 13.6. The zero-order valence-corrected chi connectivity index (χ0v) is 18.5. The third-order valence-corrected chi connectivity index (χ3v) is 5.57. The highest BCUT2D eigenvalue weighted by molar-refractivity contribution is 6.18. The lowest BCUT2D eigenvalue weighted by atomic mass is 9.95. The minimum Gasteiger partial charge on any atom is -0.505 e. The van der Waals surface area contributed by atoms with Crippen molar-refractivity contribution in [1.82, 2.24) is 10.2 Å². The average Bonchev–Trinajstić information content (AvgIpc) is 2.76. The molecular formula is C24H40N2O4. The minimum atomic E-state index is -0.187. The molecule has 6 heteroatoms. The van der Waals surface area contributed by atoms with Crippen LogP contribution in [0.5, 0.6) is 0 Å².